The smallest absolute Gasteiger partial charge is 0.160 e. The van der Waals surface area contributed by atoms with E-state index in [4.69, 9.17) is 9.97 Å². The molecule has 0 aliphatic carbocycles. The Morgan fingerprint density at radius 2 is 0.523 bits per heavy atom. The minimum Gasteiger partial charge on any atom is -0.309 e. The Hall–Kier alpha value is -11.6. The highest BCUT2D eigenvalue weighted by molar-refractivity contribution is 6.15. The Labute approximate surface area is 494 Å². The van der Waals surface area contributed by atoms with Gasteiger partial charge in [0, 0.05) is 82.4 Å². The highest BCUT2D eigenvalue weighted by atomic mass is 15.0. The van der Waals surface area contributed by atoms with Crippen molar-refractivity contribution in [1.82, 2.24) is 28.2 Å². The molecule has 0 spiro atoms. The van der Waals surface area contributed by atoms with Crippen LogP contribution in [0, 0.1) is 0 Å². The van der Waals surface area contributed by atoms with Crippen LogP contribution >= 0.6 is 0 Å². The number of hydrogen-bond acceptors (Lipinski definition) is 2. The number of aromatic nitrogens is 6. The van der Waals surface area contributed by atoms with E-state index in [0.29, 0.717) is 5.82 Å². The summed E-state index contributed by atoms with van der Waals surface area (Å²) >= 11 is 0. The van der Waals surface area contributed by atoms with Crippen LogP contribution in [0.5, 0.6) is 0 Å². The van der Waals surface area contributed by atoms with Crippen molar-refractivity contribution in [3.8, 4) is 67.6 Å². The van der Waals surface area contributed by atoms with Crippen LogP contribution in [0.25, 0.3) is 166 Å². The highest BCUT2D eigenvalue weighted by Crippen LogP contribution is 2.42. The second kappa shape index (κ2) is 19.0. The summed E-state index contributed by atoms with van der Waals surface area (Å²) in [7, 11) is 0. The maximum atomic E-state index is 5.51. The summed E-state index contributed by atoms with van der Waals surface area (Å²) in [6.07, 6.45) is 0. The Kier molecular flexibility index (Phi) is 10.6. The molecule has 0 saturated carbocycles. The van der Waals surface area contributed by atoms with Crippen molar-refractivity contribution in [2.24, 2.45) is 0 Å². The zero-order chi connectivity index (χ0) is 56.4. The van der Waals surface area contributed by atoms with Crippen LogP contribution in [-0.4, -0.2) is 28.2 Å². The second-order valence-corrected chi connectivity index (χ2v) is 22.5. The molecule has 5 aromatic heterocycles. The monoisotopic (exact) mass is 1090 g/mol. The SMILES string of the molecule is c1ccc(-c2nc(-c3cccc(-n4c5ccccc5c5cc(-c6ccc7c(c6)c6ccccc6n7-c6ccccc6)ccc54)c3)nc3ccc(-n4c5ccccc5c5cc(-c6ccc7c(c6)c6ccccc6n7-c6ccccc6)ccc54)cc23)cc1. The summed E-state index contributed by atoms with van der Waals surface area (Å²) in [5.74, 6) is 0.672. The van der Waals surface area contributed by atoms with E-state index in [-0.39, 0.29) is 0 Å². The summed E-state index contributed by atoms with van der Waals surface area (Å²) in [6.45, 7) is 0. The maximum absolute atomic E-state index is 5.51. The van der Waals surface area contributed by atoms with Gasteiger partial charge >= 0.3 is 0 Å². The van der Waals surface area contributed by atoms with E-state index >= 15 is 0 Å². The topological polar surface area (TPSA) is 45.5 Å². The number of para-hydroxylation sites is 6. The predicted molar refractivity (Wildman–Crippen MR) is 359 cm³/mol. The van der Waals surface area contributed by atoms with E-state index in [2.05, 4.69) is 322 Å². The fourth-order valence-electron chi connectivity index (χ4n) is 13.9. The Bertz CT molecular complexity index is 5770. The molecule has 6 heteroatoms. The van der Waals surface area contributed by atoms with Gasteiger partial charge in [-0.05, 0) is 150 Å². The lowest BCUT2D eigenvalue weighted by molar-refractivity contribution is 1.16. The fraction of sp³-hybridized carbons (Fsp3) is 0. The third-order valence-electron chi connectivity index (χ3n) is 17.7. The van der Waals surface area contributed by atoms with E-state index in [0.717, 1.165) is 72.5 Å². The number of hydrogen-bond donors (Lipinski definition) is 0. The largest absolute Gasteiger partial charge is 0.309 e. The van der Waals surface area contributed by atoms with Crippen molar-refractivity contribution >= 4 is 98.1 Å². The summed E-state index contributed by atoms with van der Waals surface area (Å²) in [4.78, 5) is 10.9. The summed E-state index contributed by atoms with van der Waals surface area (Å²) in [5, 5.41) is 10.7. The molecule has 0 atom stereocenters. The summed E-state index contributed by atoms with van der Waals surface area (Å²) < 4.78 is 9.53. The van der Waals surface area contributed by atoms with Crippen molar-refractivity contribution in [3.63, 3.8) is 0 Å². The maximum Gasteiger partial charge on any atom is 0.160 e. The molecule has 0 amide bonds. The van der Waals surface area contributed by atoms with Crippen LogP contribution in [-0.2, 0) is 0 Å². The van der Waals surface area contributed by atoms with Gasteiger partial charge in [-0.25, -0.2) is 9.97 Å². The summed E-state index contributed by atoms with van der Waals surface area (Å²) in [5.41, 5.74) is 22.2. The molecule has 0 saturated heterocycles. The normalized spacial score (nSPS) is 12.0. The van der Waals surface area contributed by atoms with Crippen molar-refractivity contribution < 1.29 is 0 Å². The molecule has 18 rings (SSSR count). The molecule has 6 nitrogen and oxygen atoms in total. The molecule has 86 heavy (non-hydrogen) atoms. The van der Waals surface area contributed by atoms with E-state index < -0.39 is 0 Å². The predicted octanol–water partition coefficient (Wildman–Crippen LogP) is 20.7. The molecule has 13 aromatic carbocycles. The number of benzene rings is 13. The van der Waals surface area contributed by atoms with Gasteiger partial charge in [-0.1, -0.05) is 176 Å². The quantitative estimate of drug-likeness (QED) is 0.152. The van der Waals surface area contributed by atoms with Gasteiger partial charge in [-0.3, -0.25) is 0 Å². The van der Waals surface area contributed by atoms with Gasteiger partial charge < -0.3 is 18.3 Å². The average Bonchev–Trinajstić information content (AvgIpc) is 2.21. The highest BCUT2D eigenvalue weighted by Gasteiger charge is 2.21. The lowest BCUT2D eigenvalue weighted by atomic mass is 10.0. The van der Waals surface area contributed by atoms with Crippen molar-refractivity contribution in [2.75, 3.05) is 0 Å². The van der Waals surface area contributed by atoms with E-state index in [9.17, 15) is 0 Å². The molecule has 0 radical (unpaired) electrons. The first kappa shape index (κ1) is 48.0. The van der Waals surface area contributed by atoms with Crippen LogP contribution < -0.4 is 0 Å². The van der Waals surface area contributed by atoms with Crippen LogP contribution in [0.2, 0.25) is 0 Å². The first-order chi connectivity index (χ1) is 42.6. The molecule has 18 aromatic rings. The van der Waals surface area contributed by atoms with E-state index in [1.807, 2.05) is 0 Å². The first-order valence-corrected chi connectivity index (χ1v) is 29.4. The molecule has 400 valence electrons. The van der Waals surface area contributed by atoms with Gasteiger partial charge in [0.05, 0.1) is 55.3 Å². The molecule has 0 fully saturated rings. The minimum atomic E-state index is 0.672. The Morgan fingerprint density at radius 3 is 0.953 bits per heavy atom. The molecule has 0 aliphatic heterocycles. The van der Waals surface area contributed by atoms with Crippen LogP contribution in [0.3, 0.4) is 0 Å². The average molecular weight is 1100 g/mol. The minimum absolute atomic E-state index is 0.672. The standard InChI is InChI=1S/C80H50N6/c1-4-19-51(20-5-1)79-69-50-60(86-74-34-17-13-30-64(74)68-49-55(38-44-78(68)86)53-36-42-76-66(47-53)62-28-11-15-32-72(62)84(76)58-24-8-3-9-25-58)39-40-70(69)81-80(82-79)56-21-18-26-59(45-56)85-73-33-16-12-29-63(73)67-48-54(37-43-77(67)85)52-35-41-75-65(46-52)61-27-10-14-31-71(61)83(75)57-22-6-2-7-23-57/h1-50H. The van der Waals surface area contributed by atoms with Gasteiger partial charge in [0.2, 0.25) is 0 Å². The van der Waals surface area contributed by atoms with Crippen molar-refractivity contribution in [3.05, 3.63) is 303 Å². The van der Waals surface area contributed by atoms with Crippen LogP contribution in [0.4, 0.5) is 0 Å². The van der Waals surface area contributed by atoms with E-state index in [1.165, 1.54) is 87.4 Å². The fourth-order valence-corrected chi connectivity index (χ4v) is 13.9. The second-order valence-electron chi connectivity index (χ2n) is 22.5. The van der Waals surface area contributed by atoms with Crippen molar-refractivity contribution in [1.29, 1.82) is 0 Å². The van der Waals surface area contributed by atoms with Gasteiger partial charge in [-0.2, -0.15) is 0 Å². The van der Waals surface area contributed by atoms with Gasteiger partial charge in [0.15, 0.2) is 5.82 Å². The molecular weight excluding hydrogens is 1040 g/mol. The van der Waals surface area contributed by atoms with Crippen molar-refractivity contribution in [2.45, 2.75) is 0 Å². The Morgan fingerprint density at radius 1 is 0.186 bits per heavy atom. The summed E-state index contributed by atoms with van der Waals surface area (Å²) in [6, 6.07) is 110. The molecule has 0 aliphatic rings. The molecule has 5 heterocycles. The van der Waals surface area contributed by atoms with Gasteiger partial charge in [-0.15, -0.1) is 0 Å². The number of fused-ring (bicyclic) bond motifs is 13. The number of rotatable bonds is 8. The lowest BCUT2D eigenvalue weighted by Crippen LogP contribution is -1.99. The van der Waals surface area contributed by atoms with E-state index in [1.54, 1.807) is 0 Å². The first-order valence-electron chi connectivity index (χ1n) is 29.4. The lowest BCUT2D eigenvalue weighted by Gasteiger charge is -2.14. The molecule has 0 bridgehead atoms. The third-order valence-corrected chi connectivity index (χ3v) is 17.7. The van der Waals surface area contributed by atoms with Crippen LogP contribution in [0.15, 0.2) is 303 Å². The molecule has 0 unspecified atom stereocenters. The van der Waals surface area contributed by atoms with Crippen LogP contribution in [0.1, 0.15) is 0 Å². The number of nitrogens with zero attached hydrogens (tertiary/aromatic N) is 6. The van der Waals surface area contributed by atoms with Gasteiger partial charge in [0.1, 0.15) is 0 Å². The zero-order valence-electron chi connectivity index (χ0n) is 46.6. The Balaban J connectivity index is 0.731. The van der Waals surface area contributed by atoms with Gasteiger partial charge in [0.25, 0.3) is 0 Å². The molecular formula is C80H50N6. The molecule has 0 N–H and O–H groups in total. The third kappa shape index (κ3) is 7.40. The zero-order valence-corrected chi connectivity index (χ0v) is 46.6.